The van der Waals surface area contributed by atoms with Gasteiger partial charge in [0, 0.05) is 24.3 Å². The Labute approximate surface area is 105 Å². The van der Waals surface area contributed by atoms with Gasteiger partial charge in [0.05, 0.1) is 11.1 Å². The average molecular weight is 242 g/mol. The molecule has 0 saturated carbocycles. The minimum absolute atomic E-state index is 0.391. The minimum Gasteiger partial charge on any atom is -0.367 e. The van der Waals surface area contributed by atoms with Crippen molar-refractivity contribution in [2.24, 2.45) is 0 Å². The number of hydrogen-bond donors (Lipinski definition) is 1. The molecule has 3 rings (SSSR count). The van der Waals surface area contributed by atoms with Crippen LogP contribution in [0.4, 0.5) is 5.69 Å². The second-order valence-electron chi connectivity index (χ2n) is 4.09. The number of thioether (sulfide) groups is 1. The zero-order valence-corrected chi connectivity index (χ0v) is 10.4. The SMILES string of the molecule is CN1c2ccccc2SC1/C=C/c1cc[nH]c1. The number of nitrogens with zero attached hydrogens (tertiary/aromatic N) is 1. The summed E-state index contributed by atoms with van der Waals surface area (Å²) in [5.74, 6) is 0. The van der Waals surface area contributed by atoms with Gasteiger partial charge in [-0.15, -0.1) is 0 Å². The van der Waals surface area contributed by atoms with Crippen molar-refractivity contribution >= 4 is 23.5 Å². The summed E-state index contributed by atoms with van der Waals surface area (Å²) in [5.41, 5.74) is 2.54. The molecule has 0 saturated heterocycles. The summed E-state index contributed by atoms with van der Waals surface area (Å²) < 4.78 is 0. The van der Waals surface area contributed by atoms with Gasteiger partial charge in [-0.25, -0.2) is 0 Å². The molecule has 1 aliphatic rings. The Morgan fingerprint density at radius 3 is 2.94 bits per heavy atom. The number of H-pyrrole nitrogens is 1. The van der Waals surface area contributed by atoms with Gasteiger partial charge >= 0.3 is 0 Å². The van der Waals surface area contributed by atoms with E-state index in [-0.39, 0.29) is 0 Å². The van der Waals surface area contributed by atoms with Crippen LogP contribution in [-0.2, 0) is 0 Å². The second kappa shape index (κ2) is 4.34. The molecule has 2 heterocycles. The minimum atomic E-state index is 0.391. The van der Waals surface area contributed by atoms with Crippen LogP contribution in [0, 0.1) is 0 Å². The van der Waals surface area contributed by atoms with Gasteiger partial charge in [-0.1, -0.05) is 36.0 Å². The number of para-hydroxylation sites is 1. The molecule has 2 aromatic rings. The fraction of sp³-hybridized carbons (Fsp3) is 0.143. The standard InChI is InChI=1S/C14H14N2S/c1-16-12-4-2-3-5-13(12)17-14(16)7-6-11-8-9-15-10-11/h2-10,14-15H,1H3/b7-6+. The summed E-state index contributed by atoms with van der Waals surface area (Å²) in [6.07, 6.45) is 8.35. The molecule has 1 aromatic heterocycles. The first kappa shape index (κ1) is 10.5. The third-order valence-corrected chi connectivity index (χ3v) is 4.26. The number of benzene rings is 1. The smallest absolute Gasteiger partial charge is 0.0983 e. The molecular weight excluding hydrogens is 228 g/mol. The molecular formula is C14H14N2S. The zero-order chi connectivity index (χ0) is 11.7. The van der Waals surface area contributed by atoms with Crippen LogP contribution in [0.2, 0.25) is 0 Å². The lowest BCUT2D eigenvalue weighted by atomic mass is 10.3. The second-order valence-corrected chi connectivity index (χ2v) is 5.25. The van der Waals surface area contributed by atoms with Crippen LogP contribution < -0.4 is 4.90 Å². The van der Waals surface area contributed by atoms with Crippen LogP contribution in [-0.4, -0.2) is 17.4 Å². The van der Waals surface area contributed by atoms with Crippen molar-refractivity contribution in [1.82, 2.24) is 4.98 Å². The number of likely N-dealkylation sites (N-methyl/N-ethyl adjacent to an activating group) is 1. The van der Waals surface area contributed by atoms with E-state index >= 15 is 0 Å². The summed E-state index contributed by atoms with van der Waals surface area (Å²) in [6.45, 7) is 0. The highest BCUT2D eigenvalue weighted by Gasteiger charge is 2.24. The van der Waals surface area contributed by atoms with Crippen LogP contribution in [0.3, 0.4) is 0 Å². The van der Waals surface area contributed by atoms with Crippen LogP contribution in [0.5, 0.6) is 0 Å². The molecule has 86 valence electrons. The van der Waals surface area contributed by atoms with E-state index < -0.39 is 0 Å². The summed E-state index contributed by atoms with van der Waals surface area (Å²) >= 11 is 1.90. The molecule has 2 nitrogen and oxygen atoms in total. The van der Waals surface area contributed by atoms with Crippen LogP contribution in [0.25, 0.3) is 6.08 Å². The molecule has 0 radical (unpaired) electrons. The Bertz CT molecular complexity index is 531. The van der Waals surface area contributed by atoms with E-state index in [1.807, 2.05) is 24.2 Å². The van der Waals surface area contributed by atoms with E-state index in [1.54, 1.807) is 0 Å². The van der Waals surface area contributed by atoms with Gasteiger partial charge in [0.15, 0.2) is 0 Å². The highest BCUT2D eigenvalue weighted by atomic mass is 32.2. The Kier molecular flexibility index (Phi) is 2.69. The maximum absolute atomic E-state index is 3.06. The van der Waals surface area contributed by atoms with Crippen molar-refractivity contribution in [2.75, 3.05) is 11.9 Å². The number of aromatic nitrogens is 1. The molecule has 1 N–H and O–H groups in total. The largest absolute Gasteiger partial charge is 0.367 e. The number of fused-ring (bicyclic) bond motifs is 1. The molecule has 3 heteroatoms. The van der Waals surface area contributed by atoms with Gasteiger partial charge in [-0.3, -0.25) is 0 Å². The topological polar surface area (TPSA) is 19.0 Å². The number of rotatable bonds is 2. The first-order chi connectivity index (χ1) is 8.34. The van der Waals surface area contributed by atoms with E-state index in [0.717, 1.165) is 0 Å². The monoisotopic (exact) mass is 242 g/mol. The van der Waals surface area contributed by atoms with Crippen molar-refractivity contribution in [2.45, 2.75) is 10.3 Å². The lowest BCUT2D eigenvalue weighted by Gasteiger charge is -2.17. The van der Waals surface area contributed by atoms with Gasteiger partial charge in [-0.2, -0.15) is 0 Å². The summed E-state index contributed by atoms with van der Waals surface area (Å²) in [7, 11) is 2.14. The lowest BCUT2D eigenvalue weighted by molar-refractivity contribution is 0.993. The Morgan fingerprint density at radius 1 is 1.29 bits per heavy atom. The first-order valence-corrected chi connectivity index (χ1v) is 6.52. The van der Waals surface area contributed by atoms with Crippen molar-refractivity contribution in [3.8, 4) is 0 Å². The van der Waals surface area contributed by atoms with Crippen LogP contribution >= 0.6 is 11.8 Å². The maximum Gasteiger partial charge on any atom is 0.0983 e. The van der Waals surface area contributed by atoms with Gasteiger partial charge in [-0.05, 0) is 23.8 Å². The third-order valence-electron chi connectivity index (χ3n) is 2.95. The molecule has 0 aliphatic carbocycles. The van der Waals surface area contributed by atoms with Gasteiger partial charge in [0.2, 0.25) is 0 Å². The van der Waals surface area contributed by atoms with E-state index in [4.69, 9.17) is 0 Å². The molecule has 1 aliphatic heterocycles. The van der Waals surface area contributed by atoms with Crippen molar-refractivity contribution < 1.29 is 0 Å². The number of anilines is 1. The summed E-state index contributed by atoms with van der Waals surface area (Å²) in [5, 5.41) is 0.391. The van der Waals surface area contributed by atoms with E-state index in [1.165, 1.54) is 16.1 Å². The van der Waals surface area contributed by atoms with E-state index in [0.29, 0.717) is 5.37 Å². The van der Waals surface area contributed by atoms with Gasteiger partial charge in [0.25, 0.3) is 0 Å². The molecule has 1 unspecified atom stereocenters. The normalized spacial score (nSPS) is 18.9. The molecule has 0 spiro atoms. The number of aromatic amines is 1. The summed E-state index contributed by atoms with van der Waals surface area (Å²) in [6, 6.07) is 10.6. The highest BCUT2D eigenvalue weighted by molar-refractivity contribution is 8.00. The third kappa shape index (κ3) is 1.98. The lowest BCUT2D eigenvalue weighted by Crippen LogP contribution is -2.21. The predicted molar refractivity (Wildman–Crippen MR) is 74.3 cm³/mol. The predicted octanol–water partition coefficient (Wildman–Crippen LogP) is 3.60. The summed E-state index contributed by atoms with van der Waals surface area (Å²) in [4.78, 5) is 6.73. The molecule has 0 bridgehead atoms. The Morgan fingerprint density at radius 2 is 2.18 bits per heavy atom. The highest BCUT2D eigenvalue weighted by Crippen LogP contribution is 2.42. The van der Waals surface area contributed by atoms with Gasteiger partial charge < -0.3 is 9.88 Å². The average Bonchev–Trinajstić information content (AvgIpc) is 2.96. The fourth-order valence-electron chi connectivity index (χ4n) is 2.00. The van der Waals surface area contributed by atoms with Crippen LogP contribution in [0.15, 0.2) is 53.7 Å². The van der Waals surface area contributed by atoms with Crippen molar-refractivity contribution in [3.63, 3.8) is 0 Å². The number of nitrogens with one attached hydrogen (secondary N) is 1. The van der Waals surface area contributed by atoms with Gasteiger partial charge in [0.1, 0.15) is 0 Å². The quantitative estimate of drug-likeness (QED) is 0.867. The zero-order valence-electron chi connectivity index (χ0n) is 9.63. The van der Waals surface area contributed by atoms with Crippen LogP contribution in [0.1, 0.15) is 5.56 Å². The number of hydrogen-bond acceptors (Lipinski definition) is 2. The fourth-order valence-corrected chi connectivity index (χ4v) is 3.18. The van der Waals surface area contributed by atoms with E-state index in [2.05, 4.69) is 59.4 Å². The Hall–Kier alpha value is -1.61. The molecule has 1 aromatic carbocycles. The van der Waals surface area contributed by atoms with Crippen molar-refractivity contribution in [1.29, 1.82) is 0 Å². The molecule has 0 fully saturated rings. The maximum atomic E-state index is 3.06. The molecule has 1 atom stereocenters. The molecule has 17 heavy (non-hydrogen) atoms. The first-order valence-electron chi connectivity index (χ1n) is 5.64. The Balaban J connectivity index is 1.80. The molecule has 0 amide bonds. The van der Waals surface area contributed by atoms with Crippen molar-refractivity contribution in [3.05, 3.63) is 54.4 Å². The van der Waals surface area contributed by atoms with E-state index in [9.17, 15) is 0 Å².